The van der Waals surface area contributed by atoms with Crippen LogP contribution in [0.25, 0.3) is 10.7 Å². The van der Waals surface area contributed by atoms with Gasteiger partial charge >= 0.3 is 0 Å². The first-order chi connectivity index (χ1) is 15.1. The number of nitrogens with zero attached hydrogens (tertiary/aromatic N) is 5. The SMILES string of the molecule is Cc1nc(-c2cc(S(=O)(=O)N3CCN(C)CC3)c(C)n2C)sc1C(=O)N1CCC(C)CC1. The van der Waals surface area contributed by atoms with Gasteiger partial charge in [0.2, 0.25) is 10.0 Å². The Hall–Kier alpha value is -1.75. The van der Waals surface area contributed by atoms with E-state index in [1.54, 1.807) is 10.4 Å². The van der Waals surface area contributed by atoms with E-state index in [1.165, 1.54) is 11.3 Å². The van der Waals surface area contributed by atoms with Crippen LogP contribution >= 0.6 is 11.3 Å². The predicted octanol–water partition coefficient (Wildman–Crippen LogP) is 2.57. The fraction of sp³-hybridized carbons (Fsp3) is 0.636. The number of carbonyl (C=O) groups excluding carboxylic acids is 1. The molecule has 0 aromatic carbocycles. The maximum atomic E-state index is 13.3. The third kappa shape index (κ3) is 4.25. The average Bonchev–Trinajstić information content (AvgIpc) is 3.28. The van der Waals surface area contributed by atoms with E-state index < -0.39 is 10.0 Å². The van der Waals surface area contributed by atoms with Crippen molar-refractivity contribution in [3.8, 4) is 10.7 Å². The summed E-state index contributed by atoms with van der Waals surface area (Å²) in [6.45, 7) is 9.91. The summed E-state index contributed by atoms with van der Waals surface area (Å²) in [6, 6.07) is 1.72. The fourth-order valence-electron chi connectivity index (χ4n) is 4.36. The van der Waals surface area contributed by atoms with Crippen molar-refractivity contribution < 1.29 is 13.2 Å². The molecule has 0 aliphatic carbocycles. The largest absolute Gasteiger partial charge is 0.345 e. The molecule has 32 heavy (non-hydrogen) atoms. The molecular formula is C22H33N5O3S2. The normalized spacial score (nSPS) is 19.6. The van der Waals surface area contributed by atoms with Crippen molar-refractivity contribution in [1.82, 2.24) is 23.7 Å². The van der Waals surface area contributed by atoms with Gasteiger partial charge in [0.05, 0.1) is 11.4 Å². The lowest BCUT2D eigenvalue weighted by Crippen LogP contribution is -2.47. The van der Waals surface area contributed by atoms with Crippen molar-refractivity contribution in [3.63, 3.8) is 0 Å². The molecule has 0 unspecified atom stereocenters. The zero-order chi connectivity index (χ0) is 23.2. The molecule has 2 aromatic rings. The van der Waals surface area contributed by atoms with Gasteiger partial charge in [0.15, 0.2) is 0 Å². The molecule has 2 aromatic heterocycles. The summed E-state index contributed by atoms with van der Waals surface area (Å²) >= 11 is 1.36. The highest BCUT2D eigenvalue weighted by Crippen LogP contribution is 2.34. The lowest BCUT2D eigenvalue weighted by Gasteiger charge is -2.31. The van der Waals surface area contributed by atoms with Crippen LogP contribution in [0.5, 0.6) is 0 Å². The van der Waals surface area contributed by atoms with Crippen LogP contribution in [0.3, 0.4) is 0 Å². The number of likely N-dealkylation sites (tertiary alicyclic amines) is 1. The first-order valence-corrected chi connectivity index (χ1v) is 13.5. The Kier molecular flexibility index (Phi) is 6.50. The van der Waals surface area contributed by atoms with E-state index >= 15 is 0 Å². The van der Waals surface area contributed by atoms with Crippen molar-refractivity contribution in [1.29, 1.82) is 0 Å². The number of aryl methyl sites for hydroxylation is 1. The topological polar surface area (TPSA) is 78.8 Å². The van der Waals surface area contributed by atoms with Gasteiger partial charge in [-0.15, -0.1) is 11.3 Å². The van der Waals surface area contributed by atoms with E-state index in [-0.39, 0.29) is 5.91 Å². The highest BCUT2D eigenvalue weighted by molar-refractivity contribution is 7.89. The first kappa shape index (κ1) is 23.4. The maximum absolute atomic E-state index is 13.3. The number of likely N-dealkylation sites (N-methyl/N-ethyl adjacent to an activating group) is 1. The van der Waals surface area contributed by atoms with E-state index in [0.29, 0.717) is 45.2 Å². The minimum Gasteiger partial charge on any atom is -0.345 e. The molecule has 2 fully saturated rings. The number of aromatic nitrogens is 2. The van der Waals surface area contributed by atoms with Gasteiger partial charge in [-0.3, -0.25) is 4.79 Å². The minimum absolute atomic E-state index is 0.0364. The number of hydrogen-bond acceptors (Lipinski definition) is 6. The molecule has 0 N–H and O–H groups in total. The second-order valence-corrected chi connectivity index (χ2v) is 12.1. The lowest BCUT2D eigenvalue weighted by molar-refractivity contribution is 0.0701. The number of piperidine rings is 1. The van der Waals surface area contributed by atoms with E-state index in [1.807, 2.05) is 37.4 Å². The molecule has 2 aliphatic rings. The van der Waals surface area contributed by atoms with E-state index in [9.17, 15) is 13.2 Å². The molecule has 176 valence electrons. The van der Waals surface area contributed by atoms with E-state index in [2.05, 4.69) is 16.8 Å². The summed E-state index contributed by atoms with van der Waals surface area (Å²) in [7, 11) is 0.283. The van der Waals surface area contributed by atoms with Crippen LogP contribution < -0.4 is 0 Å². The maximum Gasteiger partial charge on any atom is 0.265 e. The summed E-state index contributed by atoms with van der Waals surface area (Å²) < 4.78 is 30.1. The summed E-state index contributed by atoms with van der Waals surface area (Å²) in [5.74, 6) is 0.693. The van der Waals surface area contributed by atoms with Gasteiger partial charge in [-0.1, -0.05) is 6.92 Å². The molecule has 2 aliphatic heterocycles. The molecule has 4 heterocycles. The van der Waals surface area contributed by atoms with Gasteiger partial charge in [0.25, 0.3) is 5.91 Å². The molecule has 2 saturated heterocycles. The molecule has 0 saturated carbocycles. The highest BCUT2D eigenvalue weighted by Gasteiger charge is 2.32. The van der Waals surface area contributed by atoms with Gasteiger partial charge in [0, 0.05) is 52.0 Å². The molecule has 0 atom stereocenters. The van der Waals surface area contributed by atoms with Crippen molar-refractivity contribution in [2.75, 3.05) is 46.3 Å². The summed E-state index contributed by atoms with van der Waals surface area (Å²) in [4.78, 5) is 22.8. The molecule has 10 heteroatoms. The lowest BCUT2D eigenvalue weighted by atomic mass is 9.99. The first-order valence-electron chi connectivity index (χ1n) is 11.2. The van der Waals surface area contributed by atoms with Gasteiger partial charge < -0.3 is 14.4 Å². The molecule has 1 amide bonds. The Morgan fingerprint density at radius 2 is 1.69 bits per heavy atom. The number of hydrogen-bond donors (Lipinski definition) is 0. The zero-order valence-electron chi connectivity index (χ0n) is 19.6. The number of carbonyl (C=O) groups is 1. The third-order valence-corrected chi connectivity index (χ3v) is 10.0. The van der Waals surface area contributed by atoms with E-state index in [0.717, 1.165) is 44.7 Å². The fourth-order valence-corrected chi connectivity index (χ4v) is 7.14. The van der Waals surface area contributed by atoms with Crippen LogP contribution in [-0.2, 0) is 17.1 Å². The summed E-state index contributed by atoms with van der Waals surface area (Å²) in [5.41, 5.74) is 2.12. The zero-order valence-corrected chi connectivity index (χ0v) is 21.2. The highest BCUT2D eigenvalue weighted by atomic mass is 32.2. The molecule has 0 bridgehead atoms. The third-order valence-electron chi connectivity index (χ3n) is 6.85. The quantitative estimate of drug-likeness (QED) is 0.674. The van der Waals surface area contributed by atoms with E-state index in [4.69, 9.17) is 0 Å². The monoisotopic (exact) mass is 479 g/mol. The van der Waals surface area contributed by atoms with Gasteiger partial charge in [-0.05, 0) is 45.7 Å². The van der Waals surface area contributed by atoms with Crippen LogP contribution in [0.2, 0.25) is 0 Å². The molecule has 4 rings (SSSR count). The summed E-state index contributed by atoms with van der Waals surface area (Å²) in [5, 5.41) is 0.682. The van der Waals surface area contributed by atoms with Crippen molar-refractivity contribution in [3.05, 3.63) is 22.3 Å². The van der Waals surface area contributed by atoms with Crippen molar-refractivity contribution >= 4 is 27.3 Å². The van der Waals surface area contributed by atoms with Crippen molar-refractivity contribution in [2.45, 2.75) is 38.5 Å². The Balaban J connectivity index is 1.63. The Morgan fingerprint density at radius 3 is 2.31 bits per heavy atom. The average molecular weight is 480 g/mol. The van der Waals surface area contributed by atoms with Crippen LogP contribution in [0.15, 0.2) is 11.0 Å². The number of piperazine rings is 1. The Bertz CT molecular complexity index is 1110. The molecule has 0 spiro atoms. The van der Waals surface area contributed by atoms with Crippen LogP contribution in [0.1, 0.15) is 40.8 Å². The van der Waals surface area contributed by atoms with Crippen LogP contribution in [0.4, 0.5) is 0 Å². The number of thiazole rings is 1. The number of amides is 1. The second-order valence-electron chi connectivity index (χ2n) is 9.15. The van der Waals surface area contributed by atoms with Crippen LogP contribution in [0, 0.1) is 19.8 Å². The number of sulfonamides is 1. The van der Waals surface area contributed by atoms with Gasteiger partial charge in [-0.25, -0.2) is 13.4 Å². The predicted molar refractivity (Wildman–Crippen MR) is 127 cm³/mol. The second kappa shape index (κ2) is 8.89. The number of rotatable bonds is 4. The molecule has 0 radical (unpaired) electrons. The smallest absolute Gasteiger partial charge is 0.265 e. The van der Waals surface area contributed by atoms with Gasteiger partial charge in [-0.2, -0.15) is 4.31 Å². The minimum atomic E-state index is -3.58. The van der Waals surface area contributed by atoms with Crippen LogP contribution in [-0.4, -0.2) is 84.3 Å². The molecule has 8 nitrogen and oxygen atoms in total. The van der Waals surface area contributed by atoms with Crippen molar-refractivity contribution in [2.24, 2.45) is 13.0 Å². The standard InChI is InChI=1S/C22H33N5O3S2/c1-15-6-8-26(9-7-15)22(28)20-16(2)23-21(31-20)18-14-19(17(3)25(18)5)32(29,30)27-12-10-24(4)11-13-27/h14-15H,6-13H2,1-5H3. The van der Waals surface area contributed by atoms with Gasteiger partial charge in [0.1, 0.15) is 14.8 Å². The molecular weight excluding hydrogens is 446 g/mol. The summed E-state index contributed by atoms with van der Waals surface area (Å²) in [6.07, 6.45) is 2.06. The Labute approximate surface area is 194 Å². The Morgan fingerprint density at radius 1 is 1.06 bits per heavy atom.